The molecule has 0 heterocycles. The van der Waals surface area contributed by atoms with Gasteiger partial charge in [0.15, 0.2) is 0 Å². The van der Waals surface area contributed by atoms with E-state index >= 15 is 0 Å². The van der Waals surface area contributed by atoms with Crippen molar-refractivity contribution < 1.29 is 14.6 Å². The van der Waals surface area contributed by atoms with Crippen molar-refractivity contribution >= 4 is 5.78 Å². The zero-order chi connectivity index (χ0) is 10.6. The Hall–Kier alpha value is -0.450. The second kappa shape index (κ2) is 5.44. The number of Topliss-reactive ketones (excluding diaryl/α,β-unsaturated/α-hetero) is 1. The summed E-state index contributed by atoms with van der Waals surface area (Å²) in [5.41, 5.74) is 5.30. The van der Waals surface area contributed by atoms with E-state index in [4.69, 9.17) is 10.5 Å². The summed E-state index contributed by atoms with van der Waals surface area (Å²) in [5, 5.41) is 9.60. The fraction of sp³-hybridized carbons (Fsp3) is 0.900. The highest BCUT2D eigenvalue weighted by Crippen LogP contribution is 2.27. The second-order valence-electron chi connectivity index (χ2n) is 3.74. The average molecular weight is 201 g/mol. The lowest BCUT2D eigenvalue weighted by Gasteiger charge is -2.32. The van der Waals surface area contributed by atoms with E-state index in [9.17, 15) is 9.90 Å². The minimum atomic E-state index is -0.420. The van der Waals surface area contributed by atoms with Crippen molar-refractivity contribution in [1.82, 2.24) is 0 Å². The van der Waals surface area contributed by atoms with Crippen LogP contribution in [0.2, 0.25) is 0 Å². The van der Waals surface area contributed by atoms with Crippen LogP contribution in [0.5, 0.6) is 0 Å². The largest absolute Gasteiger partial charge is 0.390 e. The Balaban J connectivity index is 2.48. The lowest BCUT2D eigenvalue weighted by molar-refractivity contribution is -0.128. The van der Waals surface area contributed by atoms with Gasteiger partial charge in [-0.1, -0.05) is 0 Å². The monoisotopic (exact) mass is 201 g/mol. The Morgan fingerprint density at radius 2 is 2.29 bits per heavy atom. The van der Waals surface area contributed by atoms with E-state index in [1.165, 1.54) is 0 Å². The van der Waals surface area contributed by atoms with Gasteiger partial charge in [0.2, 0.25) is 0 Å². The number of nitrogens with two attached hydrogens (primary N) is 1. The molecule has 1 saturated carbocycles. The minimum Gasteiger partial charge on any atom is -0.390 e. The smallest absolute Gasteiger partial charge is 0.149 e. The number of aliphatic hydroxyl groups is 1. The molecule has 1 rings (SSSR count). The van der Waals surface area contributed by atoms with Crippen LogP contribution in [0, 0.1) is 5.92 Å². The number of aliphatic hydroxyl groups excluding tert-OH is 1. The first-order chi connectivity index (χ1) is 6.69. The molecule has 0 aliphatic heterocycles. The first-order valence-electron chi connectivity index (χ1n) is 5.21. The van der Waals surface area contributed by atoms with Crippen LogP contribution in [0.4, 0.5) is 0 Å². The molecule has 1 aliphatic rings. The highest BCUT2D eigenvalue weighted by Gasteiger charge is 2.32. The molecule has 0 spiro atoms. The Morgan fingerprint density at radius 3 is 2.86 bits per heavy atom. The van der Waals surface area contributed by atoms with E-state index in [-0.39, 0.29) is 24.3 Å². The molecule has 0 aromatic carbocycles. The highest BCUT2D eigenvalue weighted by atomic mass is 16.5. The predicted octanol–water partition coefficient (Wildman–Crippen LogP) is 0.0803. The number of hydrogen-bond donors (Lipinski definition) is 2. The Morgan fingerprint density at radius 1 is 1.57 bits per heavy atom. The topological polar surface area (TPSA) is 72.5 Å². The summed E-state index contributed by atoms with van der Waals surface area (Å²) in [6, 6.07) is 0. The quantitative estimate of drug-likeness (QED) is 0.675. The molecule has 0 radical (unpaired) electrons. The summed E-state index contributed by atoms with van der Waals surface area (Å²) in [5.74, 6) is 0.0709. The molecule has 0 aromatic rings. The Bertz CT molecular complexity index is 196. The van der Waals surface area contributed by atoms with Gasteiger partial charge in [-0.3, -0.25) is 4.79 Å². The van der Waals surface area contributed by atoms with Crippen molar-refractivity contribution in [3.05, 3.63) is 0 Å². The van der Waals surface area contributed by atoms with Crippen LogP contribution >= 0.6 is 0 Å². The van der Waals surface area contributed by atoms with Gasteiger partial charge >= 0.3 is 0 Å². The maximum atomic E-state index is 11.4. The van der Waals surface area contributed by atoms with Crippen LogP contribution in [-0.2, 0) is 9.53 Å². The van der Waals surface area contributed by atoms with Gasteiger partial charge in [0, 0.05) is 12.5 Å². The number of ketones is 1. The summed E-state index contributed by atoms with van der Waals surface area (Å²) >= 11 is 0. The summed E-state index contributed by atoms with van der Waals surface area (Å²) in [6.07, 6.45) is 1.39. The molecule has 0 bridgehead atoms. The third-order valence-electron chi connectivity index (χ3n) is 2.79. The normalized spacial score (nSPS) is 32.9. The number of rotatable bonds is 4. The number of carbonyl (C=O) groups excluding carboxylic acids is 1. The fourth-order valence-electron chi connectivity index (χ4n) is 1.97. The second-order valence-corrected chi connectivity index (χ2v) is 3.74. The van der Waals surface area contributed by atoms with Crippen LogP contribution in [0.15, 0.2) is 0 Å². The minimum absolute atomic E-state index is 0.0139. The van der Waals surface area contributed by atoms with Crippen molar-refractivity contribution in [3.8, 4) is 0 Å². The van der Waals surface area contributed by atoms with Crippen LogP contribution < -0.4 is 5.73 Å². The molecule has 1 aliphatic carbocycles. The summed E-state index contributed by atoms with van der Waals surface area (Å²) in [7, 11) is 0. The van der Waals surface area contributed by atoms with Crippen molar-refractivity contribution in [3.63, 3.8) is 0 Å². The molecule has 0 saturated heterocycles. The van der Waals surface area contributed by atoms with E-state index < -0.39 is 6.10 Å². The molecule has 3 unspecified atom stereocenters. The van der Waals surface area contributed by atoms with Crippen molar-refractivity contribution in [2.45, 2.75) is 38.4 Å². The van der Waals surface area contributed by atoms with Gasteiger partial charge in [-0.05, 0) is 26.2 Å². The van der Waals surface area contributed by atoms with E-state index in [0.717, 1.165) is 6.42 Å². The molecule has 4 heteroatoms. The Kier molecular flexibility index (Phi) is 4.51. The van der Waals surface area contributed by atoms with E-state index in [0.29, 0.717) is 19.4 Å². The average Bonchev–Trinajstić information content (AvgIpc) is 2.20. The third-order valence-corrected chi connectivity index (χ3v) is 2.79. The zero-order valence-electron chi connectivity index (χ0n) is 8.61. The SMILES string of the molecule is CCOC1CC(C(=O)CN)CCC1O. The van der Waals surface area contributed by atoms with Crippen molar-refractivity contribution in [1.29, 1.82) is 0 Å². The van der Waals surface area contributed by atoms with Crippen molar-refractivity contribution in [2.24, 2.45) is 11.7 Å². The van der Waals surface area contributed by atoms with Crippen LogP contribution in [-0.4, -0.2) is 36.2 Å². The van der Waals surface area contributed by atoms with Gasteiger partial charge < -0.3 is 15.6 Å². The van der Waals surface area contributed by atoms with Crippen LogP contribution in [0.25, 0.3) is 0 Å². The summed E-state index contributed by atoms with van der Waals surface area (Å²) in [4.78, 5) is 11.4. The van der Waals surface area contributed by atoms with Crippen LogP contribution in [0.1, 0.15) is 26.2 Å². The van der Waals surface area contributed by atoms with Gasteiger partial charge in [-0.15, -0.1) is 0 Å². The fourth-order valence-corrected chi connectivity index (χ4v) is 1.97. The van der Waals surface area contributed by atoms with Crippen molar-refractivity contribution in [2.75, 3.05) is 13.2 Å². The number of hydrogen-bond acceptors (Lipinski definition) is 4. The molecule has 14 heavy (non-hydrogen) atoms. The molecule has 82 valence electrons. The molecule has 3 N–H and O–H groups in total. The molecular weight excluding hydrogens is 182 g/mol. The molecular formula is C10H19NO3. The highest BCUT2D eigenvalue weighted by molar-refractivity contribution is 5.82. The maximum Gasteiger partial charge on any atom is 0.149 e. The molecule has 0 aromatic heterocycles. The number of ether oxygens (including phenoxy) is 1. The first kappa shape index (κ1) is 11.6. The van der Waals surface area contributed by atoms with Crippen LogP contribution in [0.3, 0.4) is 0 Å². The molecule has 3 atom stereocenters. The molecule has 4 nitrogen and oxygen atoms in total. The third kappa shape index (κ3) is 2.77. The summed E-state index contributed by atoms with van der Waals surface area (Å²) < 4.78 is 5.38. The lowest BCUT2D eigenvalue weighted by Crippen LogP contribution is -2.39. The van der Waals surface area contributed by atoms with Gasteiger partial charge in [0.05, 0.1) is 18.8 Å². The maximum absolute atomic E-state index is 11.4. The van der Waals surface area contributed by atoms with Gasteiger partial charge in [0.25, 0.3) is 0 Å². The number of carbonyl (C=O) groups is 1. The zero-order valence-corrected chi connectivity index (χ0v) is 8.61. The Labute approximate surface area is 84.4 Å². The predicted molar refractivity (Wildman–Crippen MR) is 52.8 cm³/mol. The molecule has 1 fully saturated rings. The molecule has 0 amide bonds. The van der Waals surface area contributed by atoms with E-state index in [1.54, 1.807) is 0 Å². The summed E-state index contributed by atoms with van der Waals surface area (Å²) in [6.45, 7) is 2.56. The van der Waals surface area contributed by atoms with E-state index in [1.807, 2.05) is 6.92 Å². The van der Waals surface area contributed by atoms with Gasteiger partial charge in [-0.25, -0.2) is 0 Å². The van der Waals surface area contributed by atoms with E-state index in [2.05, 4.69) is 0 Å². The standard InChI is InChI=1S/C10H19NO3/c1-2-14-10-5-7(9(13)6-11)3-4-8(10)12/h7-8,10,12H,2-6,11H2,1H3. The first-order valence-corrected chi connectivity index (χ1v) is 5.21. The van der Waals surface area contributed by atoms with Gasteiger partial charge in [0.1, 0.15) is 5.78 Å². The lowest BCUT2D eigenvalue weighted by atomic mass is 9.83. The van der Waals surface area contributed by atoms with Gasteiger partial charge in [-0.2, -0.15) is 0 Å².